The van der Waals surface area contributed by atoms with E-state index in [-0.39, 0.29) is 29.5 Å². The Morgan fingerprint density at radius 2 is 1.93 bits per heavy atom. The number of carboxylic acid groups (broad SMARTS) is 1. The van der Waals surface area contributed by atoms with Gasteiger partial charge in [0.25, 0.3) is 11.1 Å². The number of carboxylic acids is 1. The molecule has 1 fully saturated rings. The number of aromatic carboxylic acids is 1. The maximum Gasteiger partial charge on any atom is 0.336 e. The molecule has 0 atom stereocenters. The largest absolute Gasteiger partial charge is 0.491 e. The van der Waals surface area contributed by atoms with Gasteiger partial charge in [0, 0.05) is 0 Å². The van der Waals surface area contributed by atoms with Crippen molar-refractivity contribution in [1.29, 1.82) is 0 Å². The number of aryl methyl sites for hydroxylation is 1. The van der Waals surface area contributed by atoms with Crippen LogP contribution in [0.4, 0.5) is 4.79 Å². The first kappa shape index (κ1) is 21.6. The minimum Gasteiger partial charge on any atom is -0.491 e. The number of rotatable bonds is 7. The van der Waals surface area contributed by atoms with E-state index >= 15 is 0 Å². The molecule has 0 unspecified atom stereocenters. The van der Waals surface area contributed by atoms with Crippen molar-refractivity contribution in [2.75, 3.05) is 13.2 Å². The van der Waals surface area contributed by atoms with Crippen LogP contribution in [0, 0.1) is 6.92 Å². The van der Waals surface area contributed by atoms with E-state index in [1.54, 1.807) is 18.2 Å². The molecule has 2 aromatic carbocycles. The van der Waals surface area contributed by atoms with E-state index in [4.69, 9.17) is 4.74 Å². The zero-order chi connectivity index (χ0) is 21.8. The quantitative estimate of drug-likeness (QED) is 0.633. The third-order valence-corrected chi connectivity index (χ3v) is 5.62. The molecular formula is C23H23NO5S. The van der Waals surface area contributed by atoms with Gasteiger partial charge >= 0.3 is 5.97 Å². The standard InChI is InChI=1S/C23H23NO5S/c1-14(2)17-9-8-15(3)12-19(17)29-11-10-24-21(25)20(30-23(24)28)13-16-6-4-5-7-18(16)22(26)27/h4-9,12-14H,10-11H2,1-3H3,(H,26,27)/b20-13-. The van der Waals surface area contributed by atoms with Crippen LogP contribution in [-0.2, 0) is 4.79 Å². The van der Waals surface area contributed by atoms with Gasteiger partial charge in [-0.1, -0.05) is 44.2 Å². The van der Waals surface area contributed by atoms with Crippen LogP contribution in [0.1, 0.15) is 46.8 Å². The molecule has 2 aromatic rings. The molecule has 156 valence electrons. The lowest BCUT2D eigenvalue weighted by molar-refractivity contribution is -0.123. The molecule has 1 N–H and O–H groups in total. The molecule has 7 heteroatoms. The van der Waals surface area contributed by atoms with Crippen LogP contribution in [0.2, 0.25) is 0 Å². The first-order chi connectivity index (χ1) is 14.3. The lowest BCUT2D eigenvalue weighted by atomic mass is 10.0. The van der Waals surface area contributed by atoms with Crippen molar-refractivity contribution < 1.29 is 24.2 Å². The first-order valence-electron chi connectivity index (χ1n) is 9.59. The van der Waals surface area contributed by atoms with Gasteiger partial charge in [-0.05, 0) is 59.5 Å². The second-order valence-corrected chi connectivity index (χ2v) is 8.26. The number of nitrogens with zero attached hydrogens (tertiary/aromatic N) is 1. The summed E-state index contributed by atoms with van der Waals surface area (Å²) in [6.45, 7) is 6.43. The highest BCUT2D eigenvalue weighted by Crippen LogP contribution is 2.33. The molecule has 1 saturated heterocycles. The number of amides is 2. The van der Waals surface area contributed by atoms with Crippen molar-refractivity contribution in [2.45, 2.75) is 26.7 Å². The smallest absolute Gasteiger partial charge is 0.336 e. The summed E-state index contributed by atoms with van der Waals surface area (Å²) in [7, 11) is 0. The van der Waals surface area contributed by atoms with E-state index in [0.29, 0.717) is 5.56 Å². The minimum atomic E-state index is -1.09. The van der Waals surface area contributed by atoms with Crippen LogP contribution in [0.15, 0.2) is 47.4 Å². The van der Waals surface area contributed by atoms with Crippen LogP contribution in [0.3, 0.4) is 0 Å². The molecular weight excluding hydrogens is 402 g/mol. The van der Waals surface area contributed by atoms with Crippen molar-refractivity contribution in [3.63, 3.8) is 0 Å². The van der Waals surface area contributed by atoms with Gasteiger partial charge < -0.3 is 9.84 Å². The van der Waals surface area contributed by atoms with Gasteiger partial charge in [-0.2, -0.15) is 0 Å². The highest BCUT2D eigenvalue weighted by Gasteiger charge is 2.35. The highest BCUT2D eigenvalue weighted by molar-refractivity contribution is 8.18. The number of hydrogen-bond acceptors (Lipinski definition) is 5. The van der Waals surface area contributed by atoms with E-state index in [1.165, 1.54) is 12.1 Å². The van der Waals surface area contributed by atoms with Gasteiger partial charge in [0.1, 0.15) is 12.4 Å². The van der Waals surface area contributed by atoms with Gasteiger partial charge in [0.2, 0.25) is 0 Å². The average Bonchev–Trinajstić information content (AvgIpc) is 2.95. The van der Waals surface area contributed by atoms with E-state index in [9.17, 15) is 19.5 Å². The molecule has 0 saturated carbocycles. The van der Waals surface area contributed by atoms with Crippen molar-refractivity contribution in [1.82, 2.24) is 4.90 Å². The van der Waals surface area contributed by atoms with Crippen LogP contribution in [0.5, 0.6) is 5.75 Å². The summed E-state index contributed by atoms with van der Waals surface area (Å²) in [6.07, 6.45) is 1.45. The van der Waals surface area contributed by atoms with Gasteiger partial charge in [0.15, 0.2) is 0 Å². The lowest BCUT2D eigenvalue weighted by Crippen LogP contribution is -2.32. The number of thioether (sulfide) groups is 1. The van der Waals surface area contributed by atoms with Crippen LogP contribution >= 0.6 is 11.8 Å². The Morgan fingerprint density at radius 1 is 1.20 bits per heavy atom. The molecule has 2 amide bonds. The molecule has 30 heavy (non-hydrogen) atoms. The number of imide groups is 1. The molecule has 1 aliphatic heterocycles. The topological polar surface area (TPSA) is 83.9 Å². The fraction of sp³-hybridized carbons (Fsp3) is 0.261. The van der Waals surface area contributed by atoms with E-state index in [1.807, 2.05) is 25.1 Å². The summed E-state index contributed by atoms with van der Waals surface area (Å²) >= 11 is 0.804. The zero-order valence-corrected chi connectivity index (χ0v) is 17.9. The number of carbonyl (C=O) groups is 3. The molecule has 0 radical (unpaired) electrons. The Hall–Kier alpha value is -3.06. The molecule has 0 aliphatic carbocycles. The molecule has 0 bridgehead atoms. The Labute approximate surface area is 179 Å². The van der Waals surface area contributed by atoms with Crippen molar-refractivity contribution in [3.8, 4) is 5.75 Å². The summed E-state index contributed by atoms with van der Waals surface area (Å²) < 4.78 is 5.89. The second kappa shape index (κ2) is 9.17. The fourth-order valence-corrected chi connectivity index (χ4v) is 4.00. The normalized spacial score (nSPS) is 15.3. The molecule has 3 rings (SSSR count). The summed E-state index contributed by atoms with van der Waals surface area (Å²) in [4.78, 5) is 37.7. The number of hydrogen-bond donors (Lipinski definition) is 1. The molecule has 1 aliphatic rings. The van der Waals surface area contributed by atoms with Crippen molar-refractivity contribution in [3.05, 3.63) is 69.6 Å². The molecule has 6 nitrogen and oxygen atoms in total. The van der Waals surface area contributed by atoms with E-state index in [2.05, 4.69) is 13.8 Å². The van der Waals surface area contributed by atoms with Crippen molar-refractivity contribution in [2.24, 2.45) is 0 Å². The Morgan fingerprint density at radius 3 is 2.63 bits per heavy atom. The van der Waals surface area contributed by atoms with Gasteiger partial charge in [0.05, 0.1) is 17.0 Å². The lowest BCUT2D eigenvalue weighted by Gasteiger charge is -2.17. The predicted octanol–water partition coefficient (Wildman–Crippen LogP) is 4.93. The predicted molar refractivity (Wildman–Crippen MR) is 117 cm³/mol. The van der Waals surface area contributed by atoms with E-state index < -0.39 is 17.1 Å². The SMILES string of the molecule is Cc1ccc(C(C)C)c(OCCN2C(=O)S/C(=C\c3ccccc3C(=O)O)C2=O)c1. The average molecular weight is 426 g/mol. The first-order valence-corrected chi connectivity index (χ1v) is 10.4. The summed E-state index contributed by atoms with van der Waals surface area (Å²) in [5.41, 5.74) is 2.60. The highest BCUT2D eigenvalue weighted by atomic mass is 32.2. The number of benzene rings is 2. The monoisotopic (exact) mass is 425 g/mol. The fourth-order valence-electron chi connectivity index (χ4n) is 3.14. The van der Waals surface area contributed by atoms with Gasteiger partial charge in [-0.3, -0.25) is 14.5 Å². The van der Waals surface area contributed by atoms with Gasteiger partial charge in [-0.25, -0.2) is 4.79 Å². The Balaban J connectivity index is 1.71. The third kappa shape index (κ3) is 4.74. The molecule has 0 spiro atoms. The summed E-state index contributed by atoms with van der Waals surface area (Å²) in [5.74, 6) is -0.492. The Kier molecular flexibility index (Phi) is 6.62. The third-order valence-electron chi connectivity index (χ3n) is 4.71. The van der Waals surface area contributed by atoms with Gasteiger partial charge in [-0.15, -0.1) is 0 Å². The van der Waals surface area contributed by atoms with Crippen LogP contribution in [-0.4, -0.2) is 40.3 Å². The van der Waals surface area contributed by atoms with Crippen LogP contribution in [0.25, 0.3) is 6.08 Å². The summed E-state index contributed by atoms with van der Waals surface area (Å²) in [6, 6.07) is 12.4. The maximum atomic E-state index is 12.7. The van der Waals surface area contributed by atoms with E-state index in [0.717, 1.165) is 33.5 Å². The number of carbonyl (C=O) groups excluding carboxylic acids is 2. The number of ether oxygens (including phenoxy) is 1. The zero-order valence-electron chi connectivity index (χ0n) is 17.0. The second-order valence-electron chi connectivity index (χ2n) is 7.27. The molecule has 1 heterocycles. The minimum absolute atomic E-state index is 0.0771. The maximum absolute atomic E-state index is 12.7. The van der Waals surface area contributed by atoms with Crippen LogP contribution < -0.4 is 4.74 Å². The molecule has 0 aromatic heterocycles. The van der Waals surface area contributed by atoms with Crippen molar-refractivity contribution >= 4 is 35.0 Å². The Bertz CT molecular complexity index is 1030. The summed E-state index contributed by atoms with van der Waals surface area (Å²) in [5, 5.41) is 8.91.